The number of hydrogen-bond acceptors (Lipinski definition) is 4. The van der Waals surface area contributed by atoms with E-state index in [2.05, 4.69) is 17.3 Å². The Labute approximate surface area is 120 Å². The summed E-state index contributed by atoms with van der Waals surface area (Å²) in [4.78, 5) is 12.9. The van der Waals surface area contributed by atoms with Crippen molar-refractivity contribution in [3.8, 4) is 0 Å². The number of nitro benzene ring substituents is 1. The average Bonchev–Trinajstić information content (AvgIpc) is 2.42. The summed E-state index contributed by atoms with van der Waals surface area (Å²) in [6.45, 7) is 5.01. The van der Waals surface area contributed by atoms with Gasteiger partial charge in [-0.05, 0) is 58.3 Å². The lowest BCUT2D eigenvalue weighted by Gasteiger charge is -2.28. The van der Waals surface area contributed by atoms with Crippen molar-refractivity contribution in [2.75, 3.05) is 32.0 Å². The molecule has 0 spiro atoms. The Morgan fingerprint density at radius 2 is 2.10 bits per heavy atom. The molecule has 2 rings (SSSR count). The highest BCUT2D eigenvalue weighted by atomic mass is 16.6. The van der Waals surface area contributed by atoms with Crippen LogP contribution in [0.5, 0.6) is 0 Å². The SMILES string of the molecule is Cc1ccc(NCCC2CCN(C)CC2)cc1[N+](=O)[O-]. The summed E-state index contributed by atoms with van der Waals surface area (Å²) in [6, 6.07) is 5.34. The molecule has 20 heavy (non-hydrogen) atoms. The van der Waals surface area contributed by atoms with Crippen LogP contribution in [0.1, 0.15) is 24.8 Å². The first-order valence-electron chi connectivity index (χ1n) is 7.23. The standard InChI is InChI=1S/C15H23N3O2/c1-12-3-4-14(11-15(12)18(19)20)16-8-5-13-6-9-17(2)10-7-13/h3-4,11,13,16H,5-10H2,1-2H3. The van der Waals surface area contributed by atoms with Crippen LogP contribution in [0.3, 0.4) is 0 Å². The highest BCUT2D eigenvalue weighted by Crippen LogP contribution is 2.23. The molecule has 1 aromatic carbocycles. The van der Waals surface area contributed by atoms with Crippen molar-refractivity contribution < 1.29 is 4.92 Å². The molecule has 0 atom stereocenters. The van der Waals surface area contributed by atoms with Crippen molar-refractivity contribution >= 4 is 11.4 Å². The van der Waals surface area contributed by atoms with Gasteiger partial charge in [-0.2, -0.15) is 0 Å². The predicted octanol–water partition coefficient (Wildman–Crippen LogP) is 3.05. The van der Waals surface area contributed by atoms with Crippen LogP contribution >= 0.6 is 0 Å². The van der Waals surface area contributed by atoms with Gasteiger partial charge in [-0.15, -0.1) is 0 Å². The third-order valence-electron chi connectivity index (χ3n) is 4.13. The van der Waals surface area contributed by atoms with Crippen LogP contribution in [0.4, 0.5) is 11.4 Å². The summed E-state index contributed by atoms with van der Waals surface area (Å²) in [7, 11) is 2.17. The number of rotatable bonds is 5. The van der Waals surface area contributed by atoms with Crippen molar-refractivity contribution in [2.45, 2.75) is 26.2 Å². The highest BCUT2D eigenvalue weighted by molar-refractivity contribution is 5.54. The maximum absolute atomic E-state index is 10.9. The summed E-state index contributed by atoms with van der Waals surface area (Å²) in [6.07, 6.45) is 3.65. The second kappa shape index (κ2) is 6.70. The molecular formula is C15H23N3O2. The fraction of sp³-hybridized carbons (Fsp3) is 0.600. The Morgan fingerprint density at radius 3 is 2.75 bits per heavy atom. The maximum Gasteiger partial charge on any atom is 0.274 e. The minimum absolute atomic E-state index is 0.189. The number of aryl methyl sites for hydroxylation is 1. The van der Waals surface area contributed by atoms with Crippen molar-refractivity contribution in [2.24, 2.45) is 5.92 Å². The van der Waals surface area contributed by atoms with Crippen LogP contribution in [0, 0.1) is 23.0 Å². The van der Waals surface area contributed by atoms with Crippen LogP contribution in [0.2, 0.25) is 0 Å². The molecule has 1 fully saturated rings. The molecule has 1 saturated heterocycles. The molecule has 0 amide bonds. The molecule has 1 N–H and O–H groups in total. The Morgan fingerprint density at radius 1 is 1.40 bits per heavy atom. The van der Waals surface area contributed by atoms with Crippen LogP contribution in [0.25, 0.3) is 0 Å². The van der Waals surface area contributed by atoms with Gasteiger partial charge in [-0.1, -0.05) is 6.07 Å². The number of nitrogens with one attached hydrogen (secondary N) is 1. The topological polar surface area (TPSA) is 58.4 Å². The Balaban J connectivity index is 1.82. The molecule has 1 heterocycles. The first kappa shape index (κ1) is 14.8. The van der Waals surface area contributed by atoms with Crippen LogP contribution in [-0.2, 0) is 0 Å². The fourth-order valence-electron chi connectivity index (χ4n) is 2.69. The first-order valence-corrected chi connectivity index (χ1v) is 7.23. The van der Waals surface area contributed by atoms with Crippen molar-refractivity contribution in [1.82, 2.24) is 4.90 Å². The Hall–Kier alpha value is -1.62. The molecule has 0 unspecified atom stereocenters. The molecule has 0 aliphatic carbocycles. The van der Waals surface area contributed by atoms with E-state index in [0.717, 1.165) is 24.6 Å². The second-order valence-corrected chi connectivity index (χ2v) is 5.72. The van der Waals surface area contributed by atoms with Gasteiger partial charge in [0, 0.05) is 23.9 Å². The van der Waals surface area contributed by atoms with Gasteiger partial charge in [0.05, 0.1) is 4.92 Å². The smallest absolute Gasteiger partial charge is 0.274 e. The Kier molecular flexibility index (Phi) is 4.95. The van der Waals surface area contributed by atoms with E-state index in [4.69, 9.17) is 0 Å². The monoisotopic (exact) mass is 277 g/mol. The zero-order chi connectivity index (χ0) is 14.5. The quantitative estimate of drug-likeness (QED) is 0.664. The van der Waals surface area contributed by atoms with E-state index < -0.39 is 0 Å². The van der Waals surface area contributed by atoms with E-state index in [-0.39, 0.29) is 10.6 Å². The predicted molar refractivity (Wildman–Crippen MR) is 81.2 cm³/mol. The second-order valence-electron chi connectivity index (χ2n) is 5.72. The number of nitrogens with zero attached hydrogens (tertiary/aromatic N) is 2. The summed E-state index contributed by atoms with van der Waals surface area (Å²) in [5, 5.41) is 14.2. The third-order valence-corrected chi connectivity index (χ3v) is 4.13. The number of likely N-dealkylation sites (tertiary alicyclic amines) is 1. The summed E-state index contributed by atoms with van der Waals surface area (Å²) < 4.78 is 0. The zero-order valence-electron chi connectivity index (χ0n) is 12.3. The number of piperidine rings is 1. The van der Waals surface area contributed by atoms with E-state index in [0.29, 0.717) is 5.56 Å². The van der Waals surface area contributed by atoms with Gasteiger partial charge in [0.2, 0.25) is 0 Å². The minimum Gasteiger partial charge on any atom is -0.385 e. The lowest BCUT2D eigenvalue weighted by Crippen LogP contribution is -2.30. The van der Waals surface area contributed by atoms with Gasteiger partial charge in [0.1, 0.15) is 0 Å². The van der Waals surface area contributed by atoms with Crippen LogP contribution < -0.4 is 5.32 Å². The fourth-order valence-corrected chi connectivity index (χ4v) is 2.69. The van der Waals surface area contributed by atoms with Crippen molar-refractivity contribution in [1.29, 1.82) is 0 Å². The third kappa shape index (κ3) is 3.93. The normalized spacial score (nSPS) is 17.1. The lowest BCUT2D eigenvalue weighted by molar-refractivity contribution is -0.385. The number of nitro groups is 1. The highest BCUT2D eigenvalue weighted by Gasteiger charge is 2.16. The molecule has 5 nitrogen and oxygen atoms in total. The molecule has 0 bridgehead atoms. The lowest BCUT2D eigenvalue weighted by atomic mass is 9.94. The van der Waals surface area contributed by atoms with Crippen LogP contribution in [0.15, 0.2) is 18.2 Å². The molecule has 0 saturated carbocycles. The molecule has 0 aromatic heterocycles. The number of anilines is 1. The maximum atomic E-state index is 10.9. The van der Waals surface area contributed by atoms with Gasteiger partial charge in [0.25, 0.3) is 5.69 Å². The molecule has 1 aromatic rings. The van der Waals surface area contributed by atoms with Gasteiger partial charge in [0.15, 0.2) is 0 Å². The van der Waals surface area contributed by atoms with Crippen molar-refractivity contribution in [3.05, 3.63) is 33.9 Å². The molecule has 1 aliphatic heterocycles. The molecule has 5 heteroatoms. The molecule has 110 valence electrons. The van der Waals surface area contributed by atoms with Crippen molar-refractivity contribution in [3.63, 3.8) is 0 Å². The number of benzene rings is 1. The average molecular weight is 277 g/mol. The first-order chi connectivity index (χ1) is 9.56. The van der Waals surface area contributed by atoms with Gasteiger partial charge >= 0.3 is 0 Å². The van der Waals surface area contributed by atoms with E-state index >= 15 is 0 Å². The Bertz CT molecular complexity index is 468. The molecular weight excluding hydrogens is 254 g/mol. The van der Waals surface area contributed by atoms with Gasteiger partial charge in [-0.25, -0.2) is 0 Å². The van der Waals surface area contributed by atoms with Crippen LogP contribution in [-0.4, -0.2) is 36.5 Å². The van der Waals surface area contributed by atoms with Gasteiger partial charge < -0.3 is 10.2 Å². The van der Waals surface area contributed by atoms with Gasteiger partial charge in [-0.3, -0.25) is 10.1 Å². The van der Waals surface area contributed by atoms with E-state index in [1.54, 1.807) is 19.1 Å². The minimum atomic E-state index is -0.322. The summed E-state index contributed by atoms with van der Waals surface area (Å²) in [5.74, 6) is 0.777. The molecule has 0 radical (unpaired) electrons. The summed E-state index contributed by atoms with van der Waals surface area (Å²) >= 11 is 0. The number of hydrogen-bond donors (Lipinski definition) is 1. The zero-order valence-corrected chi connectivity index (χ0v) is 12.3. The van der Waals surface area contributed by atoms with E-state index in [9.17, 15) is 10.1 Å². The summed E-state index contributed by atoms with van der Waals surface area (Å²) in [5.41, 5.74) is 1.74. The van der Waals surface area contributed by atoms with E-state index in [1.807, 2.05) is 6.07 Å². The largest absolute Gasteiger partial charge is 0.385 e. The molecule has 1 aliphatic rings. The van der Waals surface area contributed by atoms with E-state index in [1.165, 1.54) is 25.9 Å².